The Bertz CT molecular complexity index is 1700. The van der Waals surface area contributed by atoms with Crippen LogP contribution in [0.15, 0.2) is 0 Å². The molecule has 0 saturated carbocycles. The van der Waals surface area contributed by atoms with E-state index in [2.05, 4.69) is 47.4 Å². The van der Waals surface area contributed by atoms with Gasteiger partial charge in [-0.1, -0.05) is 41.5 Å². The van der Waals surface area contributed by atoms with Gasteiger partial charge in [0, 0.05) is 83.3 Å². The maximum Gasteiger partial charge on any atom is 0.222 e. The number of ether oxygens (including phenoxy) is 9. The average Bonchev–Trinajstić information content (AvgIpc) is 3.47. The lowest BCUT2D eigenvalue weighted by Gasteiger charge is -2.40. The third-order valence-electron chi connectivity index (χ3n) is 13.6. The van der Waals surface area contributed by atoms with Crippen molar-refractivity contribution < 1.29 is 113 Å². The van der Waals surface area contributed by atoms with E-state index in [1.165, 1.54) is 0 Å². The molecule has 3 rings (SSSR count). The zero-order chi connectivity index (χ0) is 61.2. The summed E-state index contributed by atoms with van der Waals surface area (Å²) in [6.07, 6.45) is -12.2. The first-order valence-electron chi connectivity index (χ1n) is 28.8. The fourth-order valence-electron chi connectivity index (χ4n) is 8.70. The van der Waals surface area contributed by atoms with Crippen LogP contribution in [-0.2, 0) is 66.6 Å². The van der Waals surface area contributed by atoms with Crippen LogP contribution in [0.2, 0.25) is 0 Å². The van der Waals surface area contributed by atoms with Crippen LogP contribution in [0.1, 0.15) is 106 Å². The third kappa shape index (κ3) is 28.2. The topological polar surface area (TPSA) is 411 Å². The summed E-state index contributed by atoms with van der Waals surface area (Å²) >= 11 is 0. The predicted molar refractivity (Wildman–Crippen MR) is 292 cm³/mol. The van der Waals surface area contributed by atoms with Gasteiger partial charge >= 0.3 is 0 Å². The largest absolute Gasteiger partial charge is 0.394 e. The molecule has 9 unspecified atom stereocenters. The van der Waals surface area contributed by atoms with Gasteiger partial charge in [0.2, 0.25) is 29.5 Å². The second kappa shape index (κ2) is 41.6. The number of methoxy groups -OCH3 is 1. The molecule has 15 atom stereocenters. The van der Waals surface area contributed by atoms with Crippen LogP contribution < -0.4 is 26.6 Å². The number of rotatable bonds is 39. The first-order chi connectivity index (χ1) is 39.0. The molecule has 0 radical (unpaired) electrons. The molecule has 28 heteroatoms. The van der Waals surface area contributed by atoms with Crippen molar-refractivity contribution in [2.75, 3.05) is 106 Å². The molecular formula is C54H101N5O23. The minimum atomic E-state index is -1.57. The van der Waals surface area contributed by atoms with Gasteiger partial charge in [-0.3, -0.25) is 24.0 Å². The van der Waals surface area contributed by atoms with Crippen LogP contribution in [-0.4, -0.2) is 261 Å². The zero-order valence-corrected chi connectivity index (χ0v) is 49.2. The molecule has 480 valence electrons. The lowest BCUT2D eigenvalue weighted by Crippen LogP contribution is -2.57. The third-order valence-corrected chi connectivity index (χ3v) is 13.6. The summed E-state index contributed by atoms with van der Waals surface area (Å²) in [7, 11) is 1.55. The van der Waals surface area contributed by atoms with E-state index in [0.29, 0.717) is 32.4 Å². The quantitative estimate of drug-likeness (QED) is 0.0270. The minimum Gasteiger partial charge on any atom is -0.394 e. The fourth-order valence-corrected chi connectivity index (χ4v) is 8.70. The van der Waals surface area contributed by atoms with Crippen LogP contribution >= 0.6 is 0 Å². The Morgan fingerprint density at radius 2 is 0.768 bits per heavy atom. The van der Waals surface area contributed by atoms with Crippen molar-refractivity contribution in [2.45, 2.75) is 185 Å². The van der Waals surface area contributed by atoms with Gasteiger partial charge in [0.15, 0.2) is 18.9 Å². The summed E-state index contributed by atoms with van der Waals surface area (Å²) in [6, 6.07) is 0. The summed E-state index contributed by atoms with van der Waals surface area (Å²) in [6.45, 7) is 10.4. The standard InChI is InChI=1S/C50H91N5O23.C4H10/c1-30-41(64)44(67)33(25-56)76-47(30)73-19-7-15-52-37(60)12-22-71-28-50(55-39(62)11-5-10-36(59)51-14-6-18-70-4,24-40(63)54-17-9-21-75-49-32(3)43(66)46(69)35(27-58)78-49)29-72-23-13-38(61)53-16-8-20-74-48-31(2)42(65)45(68)34(26-57)77-48;1-4(2)3/h30-35,41-49,56-58,64-69H,5-29H2,1-4H3,(H,51,59)(H,52,60)(H,53,61)(H,54,63)(H,55,62);4H,1-3H3/t30?,31?,32?,33?,34?,35?,41-,42-,43-,44?,45?,46?,47-,48-,49-,50?;/m1./s1. The van der Waals surface area contributed by atoms with Gasteiger partial charge in [0.1, 0.15) is 36.6 Å². The lowest BCUT2D eigenvalue weighted by molar-refractivity contribution is -0.282. The summed E-state index contributed by atoms with van der Waals surface area (Å²) < 4.78 is 50.9. The van der Waals surface area contributed by atoms with E-state index >= 15 is 0 Å². The van der Waals surface area contributed by atoms with Crippen molar-refractivity contribution in [2.24, 2.45) is 23.7 Å². The Kier molecular flexibility index (Phi) is 37.9. The smallest absolute Gasteiger partial charge is 0.222 e. The summed E-state index contributed by atoms with van der Waals surface area (Å²) in [5.41, 5.74) is -1.57. The number of amides is 5. The van der Waals surface area contributed by atoms with Crippen LogP contribution in [0.3, 0.4) is 0 Å². The highest BCUT2D eigenvalue weighted by Crippen LogP contribution is 2.29. The molecule has 0 aromatic heterocycles. The molecule has 0 aliphatic carbocycles. The first kappa shape index (κ1) is 74.7. The second-order valence-corrected chi connectivity index (χ2v) is 21.8. The van der Waals surface area contributed by atoms with Crippen LogP contribution in [0.4, 0.5) is 0 Å². The van der Waals surface area contributed by atoms with Crippen LogP contribution in [0.25, 0.3) is 0 Å². The molecule has 0 bridgehead atoms. The molecule has 28 nitrogen and oxygen atoms in total. The molecule has 14 N–H and O–H groups in total. The van der Waals surface area contributed by atoms with Crippen molar-refractivity contribution in [3.8, 4) is 0 Å². The Morgan fingerprint density at radius 1 is 0.451 bits per heavy atom. The maximum atomic E-state index is 13.7. The van der Waals surface area contributed by atoms with Gasteiger partial charge in [-0.2, -0.15) is 0 Å². The molecule has 3 aliphatic rings. The summed E-state index contributed by atoms with van der Waals surface area (Å²) in [4.78, 5) is 65.6. The van der Waals surface area contributed by atoms with Gasteiger partial charge in [-0.05, 0) is 38.0 Å². The molecule has 5 amide bonds. The summed E-state index contributed by atoms with van der Waals surface area (Å²) in [5.74, 6) is -3.10. The minimum absolute atomic E-state index is 0.0339. The fraction of sp³-hybridized carbons (Fsp3) is 0.907. The number of hydrogen-bond acceptors (Lipinski definition) is 23. The monoisotopic (exact) mass is 1190 g/mol. The number of aliphatic hydroxyl groups excluding tert-OH is 9. The molecule has 0 aromatic rings. The van der Waals surface area contributed by atoms with Gasteiger partial charge in [-0.15, -0.1) is 0 Å². The molecule has 3 aliphatic heterocycles. The van der Waals surface area contributed by atoms with Crippen molar-refractivity contribution >= 4 is 29.5 Å². The van der Waals surface area contributed by atoms with Gasteiger partial charge in [0.25, 0.3) is 0 Å². The van der Waals surface area contributed by atoms with E-state index in [-0.39, 0.29) is 110 Å². The van der Waals surface area contributed by atoms with E-state index in [9.17, 15) is 69.9 Å². The average molecular weight is 1190 g/mol. The van der Waals surface area contributed by atoms with E-state index in [4.69, 9.17) is 42.6 Å². The molecule has 0 aromatic carbocycles. The molecule has 3 heterocycles. The van der Waals surface area contributed by atoms with E-state index in [1.807, 2.05) is 0 Å². The normalized spacial score (nSPS) is 29.0. The van der Waals surface area contributed by atoms with Crippen molar-refractivity contribution in [3.05, 3.63) is 0 Å². The number of carbonyl (C=O) groups excluding carboxylic acids is 5. The molecule has 3 saturated heterocycles. The van der Waals surface area contributed by atoms with Gasteiger partial charge < -0.3 is 115 Å². The van der Waals surface area contributed by atoms with Crippen molar-refractivity contribution in [1.82, 2.24) is 26.6 Å². The van der Waals surface area contributed by atoms with E-state index in [1.54, 1.807) is 27.9 Å². The second-order valence-electron chi connectivity index (χ2n) is 21.8. The SMILES string of the molecule is CC(C)C.COCCCNC(=O)CCCC(=O)NC(COCCC(=O)NCCCO[C@@H]1OC(CO)C(O)[C@H](O)C1C)(COCCC(=O)NCCCO[C@@H]1OC(CO)C(O)[C@H](O)C1C)CC(=O)NCCCO[C@@H]1OC(CO)C(O)[C@H](O)C1C. The number of aliphatic hydroxyl groups is 9. The van der Waals surface area contributed by atoms with Gasteiger partial charge in [0.05, 0.1) is 96.3 Å². The van der Waals surface area contributed by atoms with Crippen molar-refractivity contribution in [1.29, 1.82) is 0 Å². The van der Waals surface area contributed by atoms with Crippen molar-refractivity contribution in [3.63, 3.8) is 0 Å². The lowest BCUT2D eigenvalue weighted by atomic mass is 9.92. The Morgan fingerprint density at radius 3 is 1.11 bits per heavy atom. The number of carbonyl (C=O) groups is 5. The molecule has 3 fully saturated rings. The summed E-state index contributed by atoms with van der Waals surface area (Å²) in [5, 5.41) is 104. The Hall–Kier alpha value is -3.37. The Labute approximate surface area is 482 Å². The highest BCUT2D eigenvalue weighted by atomic mass is 16.7. The molecular weight excluding hydrogens is 1090 g/mol. The zero-order valence-electron chi connectivity index (χ0n) is 49.2. The highest BCUT2D eigenvalue weighted by molar-refractivity contribution is 5.82. The van der Waals surface area contributed by atoms with E-state index < -0.39 is 147 Å². The predicted octanol–water partition coefficient (Wildman–Crippen LogP) is -3.18. The molecule has 0 spiro atoms. The number of nitrogens with one attached hydrogen (secondary N) is 5. The van der Waals surface area contributed by atoms with Gasteiger partial charge in [-0.25, -0.2) is 0 Å². The highest BCUT2D eigenvalue weighted by Gasteiger charge is 2.45. The first-order valence-corrected chi connectivity index (χ1v) is 28.8. The molecule has 82 heavy (non-hydrogen) atoms. The number of hydrogen-bond donors (Lipinski definition) is 14. The maximum absolute atomic E-state index is 13.7. The van der Waals surface area contributed by atoms with Crippen LogP contribution in [0.5, 0.6) is 0 Å². The van der Waals surface area contributed by atoms with E-state index in [0.717, 1.165) is 5.92 Å². The van der Waals surface area contributed by atoms with Crippen LogP contribution in [0, 0.1) is 23.7 Å². The Balaban J connectivity index is 0.00000554.